The van der Waals surface area contributed by atoms with Crippen molar-refractivity contribution in [2.75, 3.05) is 18.5 Å². The monoisotopic (exact) mass is 434 g/mol. The quantitative estimate of drug-likeness (QED) is 0.367. The van der Waals surface area contributed by atoms with Crippen LogP contribution in [-0.2, 0) is 0 Å². The minimum Gasteiger partial charge on any atom is -0.490 e. The van der Waals surface area contributed by atoms with Gasteiger partial charge in [-0.2, -0.15) is 0 Å². The van der Waals surface area contributed by atoms with Crippen molar-refractivity contribution in [3.8, 4) is 11.5 Å². The number of para-hydroxylation sites is 1. The molecule has 0 aromatic heterocycles. The lowest BCUT2D eigenvalue weighted by molar-refractivity contribution is 0.0977. The number of ether oxygens (including phenoxy) is 2. The molecule has 0 fully saturated rings. The number of hydrogen-bond acceptors (Lipinski definition) is 4. The predicted octanol–water partition coefficient (Wildman–Crippen LogP) is 5.39. The van der Waals surface area contributed by atoms with E-state index in [4.69, 9.17) is 21.7 Å². The van der Waals surface area contributed by atoms with Crippen molar-refractivity contribution in [2.45, 2.75) is 19.8 Å². The van der Waals surface area contributed by atoms with Crippen LogP contribution in [0.1, 0.15) is 35.7 Å². The lowest BCUT2D eigenvalue weighted by atomic mass is 10.0. The Morgan fingerprint density at radius 2 is 1.42 bits per heavy atom. The van der Waals surface area contributed by atoms with E-state index in [9.17, 15) is 4.79 Å². The zero-order valence-corrected chi connectivity index (χ0v) is 18.4. The van der Waals surface area contributed by atoms with Crippen LogP contribution in [0.25, 0.3) is 0 Å². The Hall–Kier alpha value is -3.38. The van der Waals surface area contributed by atoms with E-state index < -0.39 is 0 Å². The molecular formula is C25H26N2O3S. The first-order valence-electron chi connectivity index (χ1n) is 10.1. The minimum absolute atomic E-state index is 0.239. The number of amides is 1. The van der Waals surface area contributed by atoms with Gasteiger partial charge in [0, 0.05) is 11.3 Å². The highest BCUT2D eigenvalue weighted by Gasteiger charge is 2.09. The van der Waals surface area contributed by atoms with Crippen molar-refractivity contribution in [2.24, 2.45) is 0 Å². The summed E-state index contributed by atoms with van der Waals surface area (Å²) in [5, 5.41) is 5.95. The summed E-state index contributed by atoms with van der Waals surface area (Å²) in [7, 11) is 0. The number of benzene rings is 3. The first-order valence-corrected chi connectivity index (χ1v) is 10.5. The van der Waals surface area contributed by atoms with E-state index in [2.05, 4.69) is 24.5 Å². The fraction of sp³-hybridized carbons (Fsp3) is 0.200. The Balaban J connectivity index is 1.42. The summed E-state index contributed by atoms with van der Waals surface area (Å²) < 4.78 is 11.3. The third kappa shape index (κ3) is 7.12. The fourth-order valence-electron chi connectivity index (χ4n) is 2.83. The Morgan fingerprint density at radius 1 is 0.839 bits per heavy atom. The van der Waals surface area contributed by atoms with Crippen LogP contribution in [0, 0.1) is 0 Å². The third-order valence-electron chi connectivity index (χ3n) is 4.54. The zero-order chi connectivity index (χ0) is 22.1. The predicted molar refractivity (Wildman–Crippen MR) is 128 cm³/mol. The molecule has 0 atom stereocenters. The molecule has 31 heavy (non-hydrogen) atoms. The third-order valence-corrected chi connectivity index (χ3v) is 4.75. The molecule has 0 heterocycles. The molecule has 0 spiro atoms. The molecule has 6 heteroatoms. The van der Waals surface area contributed by atoms with Gasteiger partial charge in [-0.3, -0.25) is 10.1 Å². The molecular weight excluding hydrogens is 408 g/mol. The topological polar surface area (TPSA) is 59.6 Å². The van der Waals surface area contributed by atoms with Gasteiger partial charge in [-0.15, -0.1) is 0 Å². The Bertz CT molecular complexity index is 988. The van der Waals surface area contributed by atoms with Crippen LogP contribution in [-0.4, -0.2) is 24.2 Å². The number of anilines is 1. The van der Waals surface area contributed by atoms with E-state index in [0.29, 0.717) is 24.7 Å². The normalized spacial score (nSPS) is 10.4. The summed E-state index contributed by atoms with van der Waals surface area (Å²) in [5.41, 5.74) is 2.51. The molecule has 1 amide bonds. The van der Waals surface area contributed by atoms with E-state index in [-0.39, 0.29) is 11.0 Å². The minimum atomic E-state index is -0.244. The van der Waals surface area contributed by atoms with Gasteiger partial charge >= 0.3 is 0 Å². The molecule has 0 unspecified atom stereocenters. The average molecular weight is 435 g/mol. The van der Waals surface area contributed by atoms with Crippen LogP contribution in [0.3, 0.4) is 0 Å². The van der Waals surface area contributed by atoms with Crippen molar-refractivity contribution < 1.29 is 14.3 Å². The summed E-state index contributed by atoms with van der Waals surface area (Å²) in [6.45, 7) is 5.12. The van der Waals surface area contributed by atoms with Crippen LogP contribution >= 0.6 is 12.2 Å². The summed E-state index contributed by atoms with van der Waals surface area (Å²) in [4.78, 5) is 12.4. The van der Waals surface area contributed by atoms with E-state index in [0.717, 1.165) is 17.2 Å². The van der Waals surface area contributed by atoms with E-state index in [1.807, 2.05) is 66.7 Å². The number of nitrogens with one attached hydrogen (secondary N) is 2. The molecule has 0 aliphatic rings. The SMILES string of the molecule is CC(C)c1ccc(C(=O)NC(=S)Nc2ccc(OCCOc3ccccc3)cc2)cc1. The molecule has 0 aliphatic heterocycles. The number of thiocarbonyl (C=S) groups is 1. The van der Waals surface area contributed by atoms with Crippen LogP contribution in [0.2, 0.25) is 0 Å². The molecule has 2 N–H and O–H groups in total. The maximum Gasteiger partial charge on any atom is 0.257 e. The first-order chi connectivity index (χ1) is 15.0. The lowest BCUT2D eigenvalue weighted by Crippen LogP contribution is -2.34. The highest BCUT2D eigenvalue weighted by Crippen LogP contribution is 2.17. The molecule has 3 aromatic rings. The molecule has 160 valence electrons. The van der Waals surface area contributed by atoms with Crippen molar-refractivity contribution >= 4 is 28.9 Å². The van der Waals surface area contributed by atoms with Crippen LogP contribution in [0.4, 0.5) is 5.69 Å². The Kier molecular flexibility index (Phi) is 8.01. The molecule has 3 rings (SSSR count). The molecule has 0 aliphatic carbocycles. The molecule has 0 saturated carbocycles. The van der Waals surface area contributed by atoms with Crippen LogP contribution in [0.5, 0.6) is 11.5 Å². The van der Waals surface area contributed by atoms with Gasteiger partial charge in [-0.25, -0.2) is 0 Å². The summed E-state index contributed by atoms with van der Waals surface area (Å²) in [5.74, 6) is 1.72. The smallest absolute Gasteiger partial charge is 0.257 e. The largest absolute Gasteiger partial charge is 0.490 e. The number of carbonyl (C=O) groups excluding carboxylic acids is 1. The molecule has 0 saturated heterocycles. The average Bonchev–Trinajstić information content (AvgIpc) is 2.78. The maximum atomic E-state index is 12.4. The lowest BCUT2D eigenvalue weighted by Gasteiger charge is -2.12. The Labute approximate surface area is 188 Å². The number of rotatable bonds is 8. The first kappa shape index (κ1) is 22.3. The van der Waals surface area contributed by atoms with Gasteiger partial charge in [0.05, 0.1) is 0 Å². The second kappa shape index (κ2) is 11.1. The second-order valence-electron chi connectivity index (χ2n) is 7.22. The van der Waals surface area contributed by atoms with Gasteiger partial charge in [0.1, 0.15) is 24.7 Å². The highest BCUT2D eigenvalue weighted by atomic mass is 32.1. The van der Waals surface area contributed by atoms with Gasteiger partial charge in [0.15, 0.2) is 5.11 Å². The maximum absolute atomic E-state index is 12.4. The standard InChI is InChI=1S/C25H26N2O3S/c1-18(2)19-8-10-20(11-9-19)24(28)27-25(31)26-21-12-14-23(15-13-21)30-17-16-29-22-6-4-3-5-7-22/h3-15,18H,16-17H2,1-2H3,(H2,26,27,28,31). The van der Waals surface area contributed by atoms with Gasteiger partial charge in [-0.1, -0.05) is 44.2 Å². The summed E-state index contributed by atoms with van der Waals surface area (Å²) >= 11 is 5.25. The van der Waals surface area contributed by atoms with E-state index in [1.54, 1.807) is 12.1 Å². The summed E-state index contributed by atoms with van der Waals surface area (Å²) in [6, 6.07) is 24.5. The highest BCUT2D eigenvalue weighted by molar-refractivity contribution is 7.80. The van der Waals surface area contributed by atoms with Gasteiger partial charge in [0.25, 0.3) is 5.91 Å². The van der Waals surface area contributed by atoms with Crippen molar-refractivity contribution in [3.05, 3.63) is 90.0 Å². The number of hydrogen-bond donors (Lipinski definition) is 2. The van der Waals surface area contributed by atoms with Crippen molar-refractivity contribution in [1.29, 1.82) is 0 Å². The number of carbonyl (C=O) groups is 1. The van der Waals surface area contributed by atoms with Gasteiger partial charge in [0.2, 0.25) is 0 Å². The Morgan fingerprint density at radius 3 is 2.00 bits per heavy atom. The summed E-state index contributed by atoms with van der Waals surface area (Å²) in [6.07, 6.45) is 0. The van der Waals surface area contributed by atoms with Crippen LogP contribution in [0.15, 0.2) is 78.9 Å². The van der Waals surface area contributed by atoms with Crippen LogP contribution < -0.4 is 20.1 Å². The second-order valence-corrected chi connectivity index (χ2v) is 7.63. The van der Waals surface area contributed by atoms with Crippen molar-refractivity contribution in [1.82, 2.24) is 5.32 Å². The van der Waals surface area contributed by atoms with Crippen molar-refractivity contribution in [3.63, 3.8) is 0 Å². The van der Waals surface area contributed by atoms with Gasteiger partial charge < -0.3 is 14.8 Å². The molecule has 3 aromatic carbocycles. The molecule has 5 nitrogen and oxygen atoms in total. The molecule has 0 radical (unpaired) electrons. The molecule has 0 bridgehead atoms. The fourth-order valence-corrected chi connectivity index (χ4v) is 3.04. The van der Waals surface area contributed by atoms with E-state index >= 15 is 0 Å². The van der Waals surface area contributed by atoms with Gasteiger partial charge in [-0.05, 0) is 72.2 Å². The zero-order valence-electron chi connectivity index (χ0n) is 17.6. The van der Waals surface area contributed by atoms with E-state index in [1.165, 1.54) is 5.56 Å².